The molecule has 4 N–H and O–H groups in total. The molecule has 0 saturated heterocycles. The molecule has 1 atom stereocenters. The van der Waals surface area contributed by atoms with E-state index in [9.17, 15) is 0 Å². The fourth-order valence-electron chi connectivity index (χ4n) is 0.829. The molecule has 0 bridgehead atoms. The van der Waals surface area contributed by atoms with Gasteiger partial charge in [0.05, 0.1) is 7.11 Å². The first kappa shape index (κ1) is 13.9. The summed E-state index contributed by atoms with van der Waals surface area (Å²) < 4.78 is 4.91. The van der Waals surface area contributed by atoms with Crippen molar-refractivity contribution in [3.63, 3.8) is 0 Å². The van der Waals surface area contributed by atoms with Gasteiger partial charge >= 0.3 is 0 Å². The summed E-state index contributed by atoms with van der Waals surface area (Å²) in [6, 6.07) is 9.86. The van der Waals surface area contributed by atoms with Crippen LogP contribution in [0.3, 0.4) is 0 Å². The molecular weight excluding hydrogens is 188 g/mol. The number of para-hydroxylation sites is 1. The Morgan fingerprint density at radius 2 is 1.73 bits per heavy atom. The first-order valence-corrected chi connectivity index (χ1v) is 5.16. The molecule has 0 saturated carbocycles. The molecule has 1 unspecified atom stereocenters. The van der Waals surface area contributed by atoms with Gasteiger partial charge in [0.25, 0.3) is 0 Å². The summed E-state index contributed by atoms with van der Waals surface area (Å²) in [6.45, 7) is 4.73. The van der Waals surface area contributed by atoms with Gasteiger partial charge < -0.3 is 16.2 Å². The Morgan fingerprint density at radius 3 is 1.93 bits per heavy atom. The molecule has 1 aromatic carbocycles. The van der Waals surface area contributed by atoms with Gasteiger partial charge in [-0.2, -0.15) is 0 Å². The molecule has 0 aliphatic heterocycles. The molecule has 15 heavy (non-hydrogen) atoms. The highest BCUT2D eigenvalue weighted by Gasteiger charge is 2.01. The number of ether oxygens (including phenoxy) is 1. The largest absolute Gasteiger partial charge is 0.497 e. The minimum atomic E-state index is 0.181. The Labute approximate surface area is 92.4 Å². The third-order valence-corrected chi connectivity index (χ3v) is 2.11. The van der Waals surface area contributed by atoms with Crippen molar-refractivity contribution in [3.8, 4) is 5.75 Å². The van der Waals surface area contributed by atoms with Gasteiger partial charge in [-0.25, -0.2) is 0 Å². The molecule has 0 aliphatic rings. The molecule has 0 aliphatic carbocycles. The second kappa shape index (κ2) is 8.26. The number of nitrogens with two attached hydrogens (primary N) is 2. The topological polar surface area (TPSA) is 61.3 Å². The van der Waals surface area contributed by atoms with Gasteiger partial charge in [-0.15, -0.1) is 0 Å². The van der Waals surface area contributed by atoms with E-state index in [0.717, 1.165) is 5.75 Å². The van der Waals surface area contributed by atoms with Gasteiger partial charge in [0.15, 0.2) is 0 Å². The van der Waals surface area contributed by atoms with E-state index in [0.29, 0.717) is 12.5 Å². The van der Waals surface area contributed by atoms with Crippen molar-refractivity contribution in [3.05, 3.63) is 30.3 Å². The normalized spacial score (nSPS) is 11.6. The zero-order valence-electron chi connectivity index (χ0n) is 9.81. The molecule has 0 amide bonds. The SMILES string of the molecule is CC(C)C(N)CN.COc1ccccc1. The predicted molar refractivity (Wildman–Crippen MR) is 64.9 cm³/mol. The minimum absolute atomic E-state index is 0.181. The highest BCUT2D eigenvalue weighted by atomic mass is 16.5. The maximum Gasteiger partial charge on any atom is 0.118 e. The van der Waals surface area contributed by atoms with E-state index in [1.54, 1.807) is 7.11 Å². The second-order valence-electron chi connectivity index (χ2n) is 3.66. The van der Waals surface area contributed by atoms with Crippen LogP contribution in [0, 0.1) is 5.92 Å². The average molecular weight is 210 g/mol. The first-order valence-electron chi connectivity index (χ1n) is 5.16. The highest BCUT2D eigenvalue weighted by molar-refractivity contribution is 5.20. The molecule has 0 radical (unpaired) electrons. The van der Waals surface area contributed by atoms with Crippen LogP contribution in [0.25, 0.3) is 0 Å². The fourth-order valence-corrected chi connectivity index (χ4v) is 0.829. The Morgan fingerprint density at radius 1 is 1.20 bits per heavy atom. The quantitative estimate of drug-likeness (QED) is 0.797. The average Bonchev–Trinajstić information content (AvgIpc) is 2.29. The van der Waals surface area contributed by atoms with Crippen LogP contribution in [-0.4, -0.2) is 19.7 Å². The smallest absolute Gasteiger partial charge is 0.118 e. The molecule has 0 heterocycles. The monoisotopic (exact) mass is 210 g/mol. The molecule has 86 valence electrons. The predicted octanol–water partition coefficient (Wildman–Crippen LogP) is 1.62. The molecule has 1 aromatic rings. The zero-order valence-corrected chi connectivity index (χ0v) is 9.81. The van der Waals surface area contributed by atoms with Crippen LogP contribution in [0.2, 0.25) is 0 Å². The highest BCUT2D eigenvalue weighted by Crippen LogP contribution is 2.05. The van der Waals surface area contributed by atoms with Crippen molar-refractivity contribution in [1.82, 2.24) is 0 Å². The van der Waals surface area contributed by atoms with E-state index in [1.807, 2.05) is 30.3 Å². The summed E-state index contributed by atoms with van der Waals surface area (Å²) in [5.41, 5.74) is 10.7. The lowest BCUT2D eigenvalue weighted by Crippen LogP contribution is -2.34. The summed E-state index contributed by atoms with van der Waals surface area (Å²) in [6.07, 6.45) is 0. The van der Waals surface area contributed by atoms with Crippen LogP contribution in [-0.2, 0) is 0 Å². The van der Waals surface area contributed by atoms with E-state index in [-0.39, 0.29) is 6.04 Å². The van der Waals surface area contributed by atoms with E-state index < -0.39 is 0 Å². The first-order chi connectivity index (χ1) is 7.11. The Balaban J connectivity index is 0.000000265. The standard InChI is InChI=1S/C7H8O.C5H14N2/c1-8-7-5-3-2-4-6-7;1-4(2)5(7)3-6/h2-6H,1H3;4-5H,3,6-7H2,1-2H3. The summed E-state index contributed by atoms with van der Waals surface area (Å²) in [5, 5.41) is 0. The van der Waals surface area contributed by atoms with Crippen molar-refractivity contribution in [2.24, 2.45) is 17.4 Å². The third-order valence-electron chi connectivity index (χ3n) is 2.11. The van der Waals surface area contributed by atoms with Gasteiger partial charge in [0, 0.05) is 12.6 Å². The van der Waals surface area contributed by atoms with E-state index in [2.05, 4.69) is 13.8 Å². The maximum atomic E-state index is 5.49. The summed E-state index contributed by atoms with van der Waals surface area (Å²) >= 11 is 0. The molecular formula is C12H22N2O. The number of hydrogen-bond donors (Lipinski definition) is 2. The van der Waals surface area contributed by atoms with Crippen LogP contribution >= 0.6 is 0 Å². The van der Waals surface area contributed by atoms with Gasteiger partial charge in [-0.05, 0) is 18.1 Å². The minimum Gasteiger partial charge on any atom is -0.497 e. The lowest BCUT2D eigenvalue weighted by atomic mass is 10.1. The van der Waals surface area contributed by atoms with Crippen molar-refractivity contribution in [2.75, 3.05) is 13.7 Å². The van der Waals surface area contributed by atoms with Crippen molar-refractivity contribution in [1.29, 1.82) is 0 Å². The molecule has 0 aromatic heterocycles. The van der Waals surface area contributed by atoms with Crippen molar-refractivity contribution >= 4 is 0 Å². The van der Waals surface area contributed by atoms with E-state index >= 15 is 0 Å². The van der Waals surface area contributed by atoms with Gasteiger partial charge in [0.2, 0.25) is 0 Å². The van der Waals surface area contributed by atoms with Crippen molar-refractivity contribution in [2.45, 2.75) is 19.9 Å². The van der Waals surface area contributed by atoms with Gasteiger partial charge in [0.1, 0.15) is 5.75 Å². The lowest BCUT2D eigenvalue weighted by molar-refractivity contribution is 0.415. The van der Waals surface area contributed by atoms with Crippen molar-refractivity contribution < 1.29 is 4.74 Å². The maximum absolute atomic E-state index is 5.49. The molecule has 1 rings (SSSR count). The summed E-state index contributed by atoms with van der Waals surface area (Å²) in [4.78, 5) is 0. The van der Waals surface area contributed by atoms with E-state index in [1.165, 1.54) is 0 Å². The number of benzene rings is 1. The zero-order chi connectivity index (χ0) is 11.7. The molecule has 0 fully saturated rings. The van der Waals surface area contributed by atoms with Gasteiger partial charge in [-0.1, -0.05) is 32.0 Å². The van der Waals surface area contributed by atoms with Crippen LogP contribution in [0.1, 0.15) is 13.8 Å². The van der Waals surface area contributed by atoms with Crippen LogP contribution in [0.5, 0.6) is 5.75 Å². The Bertz CT molecular complexity index is 237. The van der Waals surface area contributed by atoms with E-state index in [4.69, 9.17) is 16.2 Å². The molecule has 0 spiro atoms. The number of hydrogen-bond acceptors (Lipinski definition) is 3. The molecule has 3 heteroatoms. The van der Waals surface area contributed by atoms with Gasteiger partial charge in [-0.3, -0.25) is 0 Å². The second-order valence-corrected chi connectivity index (χ2v) is 3.66. The molecule has 3 nitrogen and oxygen atoms in total. The van der Waals surface area contributed by atoms with Crippen LogP contribution in [0.4, 0.5) is 0 Å². The third kappa shape index (κ3) is 6.94. The lowest BCUT2D eigenvalue weighted by Gasteiger charge is -2.10. The fraction of sp³-hybridized carbons (Fsp3) is 0.500. The number of methoxy groups -OCH3 is 1. The summed E-state index contributed by atoms with van der Waals surface area (Å²) in [7, 11) is 1.66. The Kier molecular flexibility index (Phi) is 7.68. The number of rotatable bonds is 3. The summed E-state index contributed by atoms with van der Waals surface area (Å²) in [5.74, 6) is 1.43. The van der Waals surface area contributed by atoms with Crippen LogP contribution in [0.15, 0.2) is 30.3 Å². The Hall–Kier alpha value is -1.06. The van der Waals surface area contributed by atoms with Crippen LogP contribution < -0.4 is 16.2 Å².